The Morgan fingerprint density at radius 2 is 2.36 bits per heavy atom. The largest absolute Gasteiger partial charge is 0.462 e. The third-order valence-electron chi connectivity index (χ3n) is 1.73. The summed E-state index contributed by atoms with van der Waals surface area (Å²) in [4.78, 5) is 24.3. The first-order chi connectivity index (χ1) is 6.69. The van der Waals surface area contributed by atoms with Gasteiger partial charge in [0.05, 0.1) is 6.61 Å². The van der Waals surface area contributed by atoms with E-state index in [2.05, 4.69) is 10.2 Å². The third-order valence-corrected chi connectivity index (χ3v) is 1.73. The van der Waals surface area contributed by atoms with E-state index in [9.17, 15) is 9.70 Å². The first-order valence-electron chi connectivity index (χ1n) is 4.21. The van der Waals surface area contributed by atoms with E-state index in [0.717, 1.165) is 0 Å². The van der Waals surface area contributed by atoms with Gasteiger partial charge in [-0.25, -0.2) is 9.78 Å². The van der Waals surface area contributed by atoms with Crippen molar-refractivity contribution in [3.63, 3.8) is 0 Å². The number of carbonyl (C=O) groups is 1. The highest BCUT2D eigenvalue weighted by Crippen LogP contribution is 2.15. The van der Waals surface area contributed by atoms with Gasteiger partial charge in [0.1, 0.15) is 5.56 Å². The molecule has 1 heterocycles. The lowest BCUT2D eigenvalue weighted by molar-refractivity contribution is -0.386. The molecule has 1 aromatic heterocycles. The van der Waals surface area contributed by atoms with E-state index in [1.54, 1.807) is 13.8 Å². The number of nitrogens with one attached hydrogen (secondary N) is 1. The molecular weight excluding hydrogens is 184 g/mol. The van der Waals surface area contributed by atoms with Crippen LogP contribution in [-0.4, -0.2) is 12.6 Å². The number of nitroso groups, excluding NO2 is 1. The van der Waals surface area contributed by atoms with Gasteiger partial charge in [0.15, 0.2) is 11.9 Å². The number of carbonyl (C=O) groups excluding carboxylic acids is 1. The number of pyridine rings is 1. The van der Waals surface area contributed by atoms with E-state index in [-0.39, 0.29) is 5.69 Å². The van der Waals surface area contributed by atoms with Crippen molar-refractivity contribution in [2.75, 3.05) is 6.61 Å². The molecule has 0 atom stereocenters. The smallest absolute Gasteiger partial charge is 0.344 e. The normalized spacial score (nSPS) is 9.57. The van der Waals surface area contributed by atoms with Gasteiger partial charge in [0.25, 0.3) is 0 Å². The number of nitrogens with zero attached hydrogens (tertiary/aromatic N) is 1. The fourth-order valence-electron chi connectivity index (χ4n) is 0.984. The molecule has 5 heteroatoms. The predicted molar refractivity (Wildman–Crippen MR) is 49.1 cm³/mol. The summed E-state index contributed by atoms with van der Waals surface area (Å²) in [7, 11) is 0. The van der Waals surface area contributed by atoms with Crippen molar-refractivity contribution in [3.8, 4) is 0 Å². The zero-order valence-corrected chi connectivity index (χ0v) is 8.03. The number of ether oxygens (including phenoxy) is 1. The summed E-state index contributed by atoms with van der Waals surface area (Å²) in [5.41, 5.74) is 1.13. The number of hydrogen-bond acceptors (Lipinski definition) is 4. The Kier molecular flexibility index (Phi) is 3.28. The van der Waals surface area contributed by atoms with Crippen molar-refractivity contribution in [2.45, 2.75) is 13.8 Å². The maximum Gasteiger partial charge on any atom is 0.344 e. The Hall–Kier alpha value is -1.78. The molecule has 0 aliphatic carbocycles. The second-order valence-corrected chi connectivity index (χ2v) is 2.71. The summed E-state index contributed by atoms with van der Waals surface area (Å²) < 4.78 is 4.76. The molecule has 0 unspecified atom stereocenters. The summed E-state index contributed by atoms with van der Waals surface area (Å²) in [6.45, 7) is 3.72. The monoisotopic (exact) mass is 195 g/mol. The molecule has 0 saturated carbocycles. The van der Waals surface area contributed by atoms with Crippen LogP contribution in [0, 0.1) is 11.8 Å². The Labute approximate surface area is 81.1 Å². The number of aromatic nitrogens is 1. The molecule has 0 aliphatic rings. The Balaban J connectivity index is 3.00. The minimum absolute atomic E-state index is 0.218. The van der Waals surface area contributed by atoms with Gasteiger partial charge in [-0.15, -0.1) is 4.91 Å². The van der Waals surface area contributed by atoms with Crippen LogP contribution in [0.3, 0.4) is 0 Å². The van der Waals surface area contributed by atoms with Crippen LogP contribution >= 0.6 is 0 Å². The van der Waals surface area contributed by atoms with Gasteiger partial charge in [-0.2, -0.15) is 0 Å². The van der Waals surface area contributed by atoms with E-state index in [0.29, 0.717) is 17.9 Å². The van der Waals surface area contributed by atoms with Gasteiger partial charge in [0, 0.05) is 6.92 Å². The summed E-state index contributed by atoms with van der Waals surface area (Å²) in [5, 5.41) is 2.78. The van der Waals surface area contributed by atoms with Crippen LogP contribution < -0.4 is 4.98 Å². The van der Waals surface area contributed by atoms with Gasteiger partial charge in [-0.1, -0.05) is 0 Å². The van der Waals surface area contributed by atoms with Crippen molar-refractivity contribution < 1.29 is 14.5 Å². The summed E-state index contributed by atoms with van der Waals surface area (Å²) >= 11 is 0. The van der Waals surface area contributed by atoms with Gasteiger partial charge >= 0.3 is 5.97 Å². The number of aromatic amines is 1. The molecule has 74 valence electrons. The average Bonchev–Trinajstić information content (AvgIpc) is 2.19. The Morgan fingerprint density at radius 3 is 2.93 bits per heavy atom. The lowest BCUT2D eigenvalue weighted by Gasteiger charge is -1.99. The fourth-order valence-corrected chi connectivity index (χ4v) is 0.984. The molecule has 0 fully saturated rings. The molecule has 1 rings (SSSR count). The molecule has 0 amide bonds. The quantitative estimate of drug-likeness (QED) is 0.540. The van der Waals surface area contributed by atoms with E-state index < -0.39 is 5.97 Å². The van der Waals surface area contributed by atoms with Crippen LogP contribution in [0.15, 0.2) is 17.4 Å². The van der Waals surface area contributed by atoms with Crippen LogP contribution in [0.4, 0.5) is 5.69 Å². The maximum atomic E-state index is 11.2. The van der Waals surface area contributed by atoms with Gasteiger partial charge in [0.2, 0.25) is 5.69 Å². The predicted octanol–water partition coefficient (Wildman–Crippen LogP) is 1.38. The highest BCUT2D eigenvalue weighted by Gasteiger charge is 2.14. The molecule has 0 radical (unpaired) electrons. The van der Waals surface area contributed by atoms with E-state index >= 15 is 0 Å². The topological polar surface area (TPSA) is 69.9 Å². The molecule has 5 nitrogen and oxygen atoms in total. The molecule has 0 spiro atoms. The minimum Gasteiger partial charge on any atom is -0.462 e. The maximum absolute atomic E-state index is 11.2. The second kappa shape index (κ2) is 4.45. The molecule has 0 bridgehead atoms. The van der Waals surface area contributed by atoms with Gasteiger partial charge < -0.3 is 4.74 Å². The van der Waals surface area contributed by atoms with Crippen molar-refractivity contribution >= 4 is 11.7 Å². The first kappa shape index (κ1) is 10.3. The average molecular weight is 195 g/mol. The van der Waals surface area contributed by atoms with Crippen LogP contribution in [0.25, 0.3) is 0 Å². The van der Waals surface area contributed by atoms with Crippen molar-refractivity contribution in [3.05, 3.63) is 28.4 Å². The first-order valence-corrected chi connectivity index (χ1v) is 4.21. The Bertz CT molecular complexity index is 363. The number of rotatable bonds is 3. The van der Waals surface area contributed by atoms with Crippen molar-refractivity contribution in [1.29, 1.82) is 0 Å². The molecule has 0 aromatic carbocycles. The highest BCUT2D eigenvalue weighted by atomic mass is 16.5. The van der Waals surface area contributed by atoms with Crippen LogP contribution in [0.5, 0.6) is 0 Å². The number of esters is 1. The lowest BCUT2D eigenvalue weighted by atomic mass is 10.2. The molecular formula is C9H11N2O3+. The fraction of sp³-hybridized carbons (Fsp3) is 0.333. The zero-order valence-electron chi connectivity index (χ0n) is 8.03. The molecule has 0 saturated heterocycles. The zero-order chi connectivity index (χ0) is 10.6. The van der Waals surface area contributed by atoms with Crippen LogP contribution in [0.2, 0.25) is 0 Å². The third kappa shape index (κ3) is 2.12. The minimum atomic E-state index is -0.464. The molecule has 14 heavy (non-hydrogen) atoms. The van der Waals surface area contributed by atoms with E-state index in [1.165, 1.54) is 12.3 Å². The highest BCUT2D eigenvalue weighted by molar-refractivity contribution is 5.89. The van der Waals surface area contributed by atoms with Crippen molar-refractivity contribution in [1.82, 2.24) is 0 Å². The van der Waals surface area contributed by atoms with E-state index in [1.807, 2.05) is 0 Å². The standard InChI is InChI=1S/C9H10N2O3/c1-3-14-9(12)7-4-8(11-13)6(2)10-5-7/h4-5H,3H2,1-2H3/p+1. The van der Waals surface area contributed by atoms with Gasteiger partial charge in [-0.3, -0.25) is 0 Å². The SMILES string of the molecule is CCOC(=O)c1c[nH+]c(C)c(N=O)c1. The summed E-state index contributed by atoms with van der Waals surface area (Å²) in [6, 6.07) is 1.40. The summed E-state index contributed by atoms with van der Waals surface area (Å²) in [5.74, 6) is -0.464. The number of H-pyrrole nitrogens is 1. The molecule has 1 aromatic rings. The summed E-state index contributed by atoms with van der Waals surface area (Å²) in [6.07, 6.45) is 1.49. The van der Waals surface area contributed by atoms with Gasteiger partial charge in [-0.05, 0) is 18.2 Å². The molecule has 1 N–H and O–H groups in total. The lowest BCUT2D eigenvalue weighted by Crippen LogP contribution is -2.13. The number of hydrogen-bond donors (Lipinski definition) is 0. The number of aryl methyl sites for hydroxylation is 1. The molecule has 0 aliphatic heterocycles. The van der Waals surface area contributed by atoms with E-state index in [4.69, 9.17) is 4.74 Å². The Morgan fingerprint density at radius 1 is 1.64 bits per heavy atom. The van der Waals surface area contributed by atoms with Crippen LogP contribution in [0.1, 0.15) is 23.0 Å². The second-order valence-electron chi connectivity index (χ2n) is 2.71. The van der Waals surface area contributed by atoms with Crippen LogP contribution in [-0.2, 0) is 4.74 Å². The van der Waals surface area contributed by atoms with Crippen molar-refractivity contribution in [2.24, 2.45) is 5.18 Å².